The van der Waals surface area contributed by atoms with Gasteiger partial charge in [0.2, 0.25) is 12.6 Å². The molecule has 7 rings (SSSR count). The number of amides is 1. The van der Waals surface area contributed by atoms with E-state index < -0.39 is 11.8 Å². The molecule has 1 amide bonds. The molecule has 54 heavy (non-hydrogen) atoms. The topological polar surface area (TPSA) is 132 Å². The van der Waals surface area contributed by atoms with Gasteiger partial charge < -0.3 is 43.6 Å². The first-order valence-corrected chi connectivity index (χ1v) is 19.6. The second-order valence-electron chi connectivity index (χ2n) is 14.9. The first kappa shape index (κ1) is 38.2. The summed E-state index contributed by atoms with van der Waals surface area (Å²) in [7, 11) is 1.80. The molecule has 6 atom stereocenters. The van der Waals surface area contributed by atoms with Gasteiger partial charge in [-0.15, -0.1) is 6.58 Å². The third kappa shape index (κ3) is 7.71. The molecule has 2 aliphatic carbocycles. The van der Waals surface area contributed by atoms with Crippen molar-refractivity contribution in [2.45, 2.75) is 69.6 Å². The SMILES string of the molecule is C=CCOC12Oc3ccc(OCCN4CC4)cc3C3C(CCCCO)C(CCCCO)C=C(C(=NOCC)CC1N(C)C(=O)c1ccc4c(c1)OCO4)C32. The Hall–Kier alpha value is -4.10. The van der Waals surface area contributed by atoms with Crippen LogP contribution in [0, 0.1) is 17.8 Å². The van der Waals surface area contributed by atoms with Crippen molar-refractivity contribution < 1.29 is 43.5 Å². The van der Waals surface area contributed by atoms with Crippen molar-refractivity contribution in [2.24, 2.45) is 22.9 Å². The van der Waals surface area contributed by atoms with E-state index in [2.05, 4.69) is 23.6 Å². The highest BCUT2D eigenvalue weighted by Crippen LogP contribution is 2.62. The highest BCUT2D eigenvalue weighted by molar-refractivity contribution is 6.03. The largest absolute Gasteiger partial charge is 0.492 e. The van der Waals surface area contributed by atoms with Crippen LogP contribution in [0.2, 0.25) is 0 Å². The van der Waals surface area contributed by atoms with E-state index in [0.29, 0.717) is 55.3 Å². The van der Waals surface area contributed by atoms with E-state index in [1.165, 1.54) is 0 Å². The van der Waals surface area contributed by atoms with E-state index in [-0.39, 0.29) is 56.2 Å². The number of hydrogen-bond acceptors (Lipinski definition) is 11. The summed E-state index contributed by atoms with van der Waals surface area (Å²) in [6.45, 7) is 10.6. The molecule has 0 aromatic heterocycles. The fourth-order valence-electron chi connectivity index (χ4n) is 8.92. The number of nitrogens with zero attached hydrogens (tertiary/aromatic N) is 3. The number of unbranched alkanes of at least 4 members (excludes halogenated alkanes) is 2. The van der Waals surface area contributed by atoms with Gasteiger partial charge >= 0.3 is 0 Å². The number of benzene rings is 2. The molecule has 0 bridgehead atoms. The number of aliphatic hydroxyl groups is 2. The molecule has 12 heteroatoms. The molecule has 6 unspecified atom stereocenters. The third-order valence-corrected chi connectivity index (χ3v) is 11.6. The first-order chi connectivity index (χ1) is 26.4. The van der Waals surface area contributed by atoms with Gasteiger partial charge in [0.15, 0.2) is 11.5 Å². The molecule has 2 aromatic carbocycles. The number of carbonyl (C=O) groups is 1. The Morgan fingerprint density at radius 1 is 1.06 bits per heavy atom. The molecule has 2 aromatic rings. The summed E-state index contributed by atoms with van der Waals surface area (Å²) < 4.78 is 31.7. The van der Waals surface area contributed by atoms with Crippen LogP contribution in [-0.2, 0) is 9.57 Å². The van der Waals surface area contributed by atoms with E-state index >= 15 is 0 Å². The molecular weight excluding hydrogens is 690 g/mol. The van der Waals surface area contributed by atoms with Crippen LogP contribution in [0.15, 0.2) is 65.9 Å². The molecule has 0 spiro atoms. The second kappa shape index (κ2) is 17.1. The Morgan fingerprint density at radius 3 is 2.59 bits per heavy atom. The lowest BCUT2D eigenvalue weighted by molar-refractivity contribution is -0.252. The number of rotatable bonds is 19. The minimum absolute atomic E-state index is 0.109. The highest BCUT2D eigenvalue weighted by Gasteiger charge is 2.65. The molecule has 2 N–H and O–H groups in total. The van der Waals surface area contributed by atoms with E-state index in [4.69, 9.17) is 33.7 Å². The molecule has 5 aliphatic rings. The van der Waals surface area contributed by atoms with Crippen LogP contribution >= 0.6 is 0 Å². The summed E-state index contributed by atoms with van der Waals surface area (Å²) in [5.74, 6) is 0.854. The predicted octanol–water partition coefficient (Wildman–Crippen LogP) is 5.54. The summed E-state index contributed by atoms with van der Waals surface area (Å²) in [4.78, 5) is 24.4. The lowest BCUT2D eigenvalue weighted by atomic mass is 9.55. The van der Waals surface area contributed by atoms with Gasteiger partial charge in [0.1, 0.15) is 30.8 Å². The Kier molecular flexibility index (Phi) is 12.1. The number of carbonyl (C=O) groups excluding carboxylic acids is 1. The summed E-state index contributed by atoms with van der Waals surface area (Å²) >= 11 is 0. The van der Waals surface area contributed by atoms with Crippen LogP contribution in [-0.4, -0.2) is 110 Å². The van der Waals surface area contributed by atoms with Gasteiger partial charge in [-0.2, -0.15) is 0 Å². The molecule has 12 nitrogen and oxygen atoms in total. The van der Waals surface area contributed by atoms with E-state index in [0.717, 1.165) is 67.9 Å². The van der Waals surface area contributed by atoms with Gasteiger partial charge in [-0.1, -0.05) is 30.1 Å². The quantitative estimate of drug-likeness (QED) is 0.0819. The normalized spacial score (nSPS) is 27.0. The zero-order valence-electron chi connectivity index (χ0n) is 31.6. The van der Waals surface area contributed by atoms with Crippen molar-refractivity contribution in [3.8, 4) is 23.0 Å². The number of allylic oxidation sites excluding steroid dienone is 1. The number of likely N-dealkylation sites (N-methyl/N-ethyl adjacent to an activating group) is 1. The zero-order valence-corrected chi connectivity index (χ0v) is 31.6. The van der Waals surface area contributed by atoms with Crippen molar-refractivity contribution in [2.75, 3.05) is 66.5 Å². The van der Waals surface area contributed by atoms with Gasteiger partial charge in [-0.3, -0.25) is 9.69 Å². The molecule has 3 aliphatic heterocycles. The zero-order chi connectivity index (χ0) is 37.7. The standard InChI is InChI=1S/C42H55N3O9/c1-4-21-52-42-38(44(3)41(48)29-12-14-36-37(24-29)51-27-50-36)26-34(43-53-5-2)32-23-28(10-6-8-19-46)31(11-7-9-20-47)39(40(32)42)33-25-30(13-15-35(33)54-42)49-22-18-45-16-17-45/h4,12-15,23-25,28,31,38-40,46-47H,1,5-11,16-22,26-27H2,2-3H3. The minimum atomic E-state index is -1.32. The lowest BCUT2D eigenvalue weighted by Crippen LogP contribution is -2.69. The highest BCUT2D eigenvalue weighted by atomic mass is 16.7. The first-order valence-electron chi connectivity index (χ1n) is 19.6. The second-order valence-corrected chi connectivity index (χ2v) is 14.9. The van der Waals surface area contributed by atoms with E-state index in [1.54, 1.807) is 36.2 Å². The average molecular weight is 746 g/mol. The maximum atomic E-state index is 14.5. The van der Waals surface area contributed by atoms with Crippen LogP contribution in [0.5, 0.6) is 23.0 Å². The average Bonchev–Trinajstić information content (AvgIpc) is 3.90. The molecule has 0 radical (unpaired) electrons. The number of hydrogen-bond donors (Lipinski definition) is 2. The predicted molar refractivity (Wildman–Crippen MR) is 203 cm³/mol. The van der Waals surface area contributed by atoms with Gasteiger partial charge in [0.05, 0.1) is 18.2 Å². The molecule has 292 valence electrons. The van der Waals surface area contributed by atoms with Crippen LogP contribution < -0.4 is 18.9 Å². The van der Waals surface area contributed by atoms with Crippen LogP contribution in [0.25, 0.3) is 0 Å². The minimum Gasteiger partial charge on any atom is -0.492 e. The van der Waals surface area contributed by atoms with Crippen molar-refractivity contribution >= 4 is 11.6 Å². The summed E-state index contributed by atoms with van der Waals surface area (Å²) in [6, 6.07) is 10.7. The van der Waals surface area contributed by atoms with Crippen molar-refractivity contribution in [1.29, 1.82) is 0 Å². The number of ether oxygens (including phenoxy) is 5. The Labute approximate surface area is 318 Å². The van der Waals surface area contributed by atoms with Crippen LogP contribution in [0.3, 0.4) is 0 Å². The third-order valence-electron chi connectivity index (χ3n) is 11.6. The van der Waals surface area contributed by atoms with Gasteiger partial charge in [0, 0.05) is 63.4 Å². The van der Waals surface area contributed by atoms with Gasteiger partial charge in [0.25, 0.3) is 5.91 Å². The molecular formula is C42H55N3O9. The maximum absolute atomic E-state index is 14.5. The molecule has 1 saturated heterocycles. The van der Waals surface area contributed by atoms with Crippen molar-refractivity contribution in [1.82, 2.24) is 9.80 Å². The Balaban J connectivity index is 1.38. The van der Waals surface area contributed by atoms with Crippen LogP contribution in [0.1, 0.15) is 73.7 Å². The van der Waals surface area contributed by atoms with Gasteiger partial charge in [-0.05, 0) is 86.4 Å². The Morgan fingerprint density at radius 2 is 1.83 bits per heavy atom. The lowest BCUT2D eigenvalue weighted by Gasteiger charge is -2.59. The van der Waals surface area contributed by atoms with Crippen molar-refractivity contribution in [3.63, 3.8) is 0 Å². The number of oxime groups is 1. The monoisotopic (exact) mass is 745 g/mol. The number of aliphatic hydroxyl groups excluding tert-OH is 2. The summed E-state index contributed by atoms with van der Waals surface area (Å²) in [5.41, 5.74) is 3.26. The Bertz CT molecular complexity index is 1710. The maximum Gasteiger partial charge on any atom is 0.254 e. The molecule has 2 fully saturated rings. The van der Waals surface area contributed by atoms with E-state index in [9.17, 15) is 15.0 Å². The number of fused-ring (bicyclic) bond motifs is 3. The molecule has 1 saturated carbocycles. The van der Waals surface area contributed by atoms with E-state index in [1.807, 2.05) is 19.1 Å². The smallest absolute Gasteiger partial charge is 0.254 e. The fourth-order valence-corrected chi connectivity index (χ4v) is 8.92. The summed E-state index contributed by atoms with van der Waals surface area (Å²) in [5, 5.41) is 24.4. The van der Waals surface area contributed by atoms with Crippen molar-refractivity contribution in [3.05, 3.63) is 71.8 Å². The fraction of sp³-hybridized carbons (Fsp3) is 0.571. The molecule has 3 heterocycles. The van der Waals surface area contributed by atoms with Crippen LogP contribution in [0.4, 0.5) is 0 Å². The van der Waals surface area contributed by atoms with Gasteiger partial charge in [-0.25, -0.2) is 0 Å². The summed E-state index contributed by atoms with van der Waals surface area (Å²) in [6.07, 6.45) is 9.26.